The first-order chi connectivity index (χ1) is 11.1. The highest BCUT2D eigenvalue weighted by atomic mass is 16.5. The highest BCUT2D eigenvalue weighted by Crippen LogP contribution is 2.01. The van der Waals surface area contributed by atoms with Crippen LogP contribution in [0.15, 0.2) is 48.7 Å². The van der Waals surface area contributed by atoms with Crippen LogP contribution in [0.2, 0.25) is 0 Å². The summed E-state index contributed by atoms with van der Waals surface area (Å²) in [5, 5.41) is 4.67. The molecule has 0 spiro atoms. The summed E-state index contributed by atoms with van der Waals surface area (Å²) < 4.78 is 4.96. The van der Waals surface area contributed by atoms with Crippen molar-refractivity contribution in [1.29, 1.82) is 0 Å². The lowest BCUT2D eigenvalue weighted by Crippen LogP contribution is -2.44. The van der Waals surface area contributed by atoms with Crippen LogP contribution in [0.3, 0.4) is 0 Å². The molecule has 0 aliphatic carbocycles. The number of carbonyl (C=O) groups excluding carboxylic acids is 3. The Morgan fingerprint density at radius 1 is 1.13 bits per heavy atom. The molecule has 2 aromatic rings. The number of ether oxygens (including phenoxy) is 1. The Kier molecular flexibility index (Phi) is 5.51. The Morgan fingerprint density at radius 3 is 2.52 bits per heavy atom. The van der Waals surface area contributed by atoms with Gasteiger partial charge in [0, 0.05) is 12.7 Å². The number of hydrogen-bond acceptors (Lipinski definition) is 4. The second kappa shape index (κ2) is 7.79. The summed E-state index contributed by atoms with van der Waals surface area (Å²) >= 11 is 0. The monoisotopic (exact) mass is 315 g/mol. The second-order valence-corrected chi connectivity index (χ2v) is 4.79. The molecule has 120 valence electrons. The highest BCUT2D eigenvalue weighted by Gasteiger charge is 2.21. The molecule has 7 nitrogen and oxygen atoms in total. The van der Waals surface area contributed by atoms with Gasteiger partial charge in [0.05, 0.1) is 0 Å². The Labute approximate surface area is 133 Å². The van der Waals surface area contributed by atoms with Gasteiger partial charge in [-0.1, -0.05) is 30.3 Å². The third-order valence-electron chi connectivity index (χ3n) is 3.00. The number of urea groups is 1. The lowest BCUT2D eigenvalue weighted by molar-refractivity contribution is -0.127. The standard InChI is InChI=1S/C16H17N3O4/c1-11(23-15(21)13-8-5-9-17-13)14(20)19-16(22)18-10-12-6-3-2-4-7-12/h2-9,11,17H,10H2,1H3,(H2,18,19,20,22)/t11-/m0/s1. The number of esters is 1. The number of imide groups is 1. The Morgan fingerprint density at radius 2 is 1.87 bits per heavy atom. The van der Waals surface area contributed by atoms with E-state index in [9.17, 15) is 14.4 Å². The first-order valence-electron chi connectivity index (χ1n) is 7.03. The predicted octanol–water partition coefficient (Wildman–Crippen LogP) is 1.59. The molecule has 2 rings (SSSR count). The van der Waals surface area contributed by atoms with Gasteiger partial charge in [0.1, 0.15) is 5.69 Å². The van der Waals surface area contributed by atoms with Crippen LogP contribution < -0.4 is 10.6 Å². The van der Waals surface area contributed by atoms with Crippen molar-refractivity contribution >= 4 is 17.9 Å². The van der Waals surface area contributed by atoms with Crippen molar-refractivity contribution in [3.63, 3.8) is 0 Å². The van der Waals surface area contributed by atoms with E-state index in [1.807, 2.05) is 30.3 Å². The average Bonchev–Trinajstić information content (AvgIpc) is 3.08. The number of amides is 3. The maximum Gasteiger partial charge on any atom is 0.355 e. The van der Waals surface area contributed by atoms with E-state index in [0.29, 0.717) is 0 Å². The van der Waals surface area contributed by atoms with Gasteiger partial charge in [-0.25, -0.2) is 9.59 Å². The fraction of sp³-hybridized carbons (Fsp3) is 0.188. The Hall–Kier alpha value is -3.09. The molecular weight excluding hydrogens is 298 g/mol. The highest BCUT2D eigenvalue weighted by molar-refractivity contribution is 5.98. The predicted molar refractivity (Wildman–Crippen MR) is 82.5 cm³/mol. The number of nitrogens with one attached hydrogen (secondary N) is 3. The molecule has 0 saturated heterocycles. The minimum absolute atomic E-state index is 0.234. The zero-order valence-corrected chi connectivity index (χ0v) is 12.5. The largest absolute Gasteiger partial charge is 0.448 e. The van der Waals surface area contributed by atoms with E-state index in [2.05, 4.69) is 15.6 Å². The molecule has 3 N–H and O–H groups in total. The van der Waals surface area contributed by atoms with E-state index in [0.717, 1.165) is 5.56 Å². The summed E-state index contributed by atoms with van der Waals surface area (Å²) in [7, 11) is 0. The van der Waals surface area contributed by atoms with Crippen LogP contribution in [0.5, 0.6) is 0 Å². The van der Waals surface area contributed by atoms with Crippen LogP contribution in [0, 0.1) is 0 Å². The van der Waals surface area contributed by atoms with Crippen molar-refractivity contribution in [2.24, 2.45) is 0 Å². The molecule has 1 heterocycles. The summed E-state index contributed by atoms with van der Waals surface area (Å²) in [5.74, 6) is -1.36. The summed E-state index contributed by atoms with van der Waals surface area (Å²) in [6.45, 7) is 1.68. The second-order valence-electron chi connectivity index (χ2n) is 4.79. The normalized spacial score (nSPS) is 11.3. The smallest absolute Gasteiger partial charge is 0.355 e. The van der Waals surface area contributed by atoms with Gasteiger partial charge in [0.15, 0.2) is 6.10 Å². The number of rotatable bonds is 5. The molecule has 1 atom stereocenters. The van der Waals surface area contributed by atoms with E-state index in [4.69, 9.17) is 4.74 Å². The van der Waals surface area contributed by atoms with Crippen molar-refractivity contribution in [3.8, 4) is 0 Å². The van der Waals surface area contributed by atoms with Crippen LogP contribution >= 0.6 is 0 Å². The van der Waals surface area contributed by atoms with E-state index in [1.54, 1.807) is 12.3 Å². The van der Waals surface area contributed by atoms with Crippen molar-refractivity contribution in [2.45, 2.75) is 19.6 Å². The molecule has 0 fully saturated rings. The van der Waals surface area contributed by atoms with Crippen LogP contribution in [0.25, 0.3) is 0 Å². The summed E-state index contributed by atoms with van der Waals surface area (Å²) in [5.41, 5.74) is 1.14. The first kappa shape index (κ1) is 16.3. The van der Waals surface area contributed by atoms with E-state index < -0.39 is 24.0 Å². The molecule has 0 bridgehead atoms. The summed E-state index contributed by atoms with van der Waals surface area (Å²) in [6, 6.07) is 11.8. The Balaban J connectivity index is 1.76. The Bertz CT molecular complexity index is 668. The summed E-state index contributed by atoms with van der Waals surface area (Å²) in [6.07, 6.45) is 0.478. The maximum absolute atomic E-state index is 11.8. The molecule has 23 heavy (non-hydrogen) atoms. The van der Waals surface area contributed by atoms with Crippen LogP contribution in [0.4, 0.5) is 4.79 Å². The molecule has 1 aromatic carbocycles. The van der Waals surface area contributed by atoms with Gasteiger partial charge in [-0.3, -0.25) is 10.1 Å². The van der Waals surface area contributed by atoms with E-state index >= 15 is 0 Å². The molecule has 0 radical (unpaired) electrons. The van der Waals surface area contributed by atoms with Crippen molar-refractivity contribution in [3.05, 3.63) is 59.9 Å². The van der Waals surface area contributed by atoms with Crippen molar-refractivity contribution in [2.75, 3.05) is 0 Å². The SMILES string of the molecule is C[C@H](OC(=O)c1ccc[nH]1)C(=O)NC(=O)NCc1ccccc1. The van der Waals surface area contributed by atoms with Gasteiger partial charge in [-0.05, 0) is 24.6 Å². The van der Waals surface area contributed by atoms with Gasteiger partial charge >= 0.3 is 12.0 Å². The number of carbonyl (C=O) groups is 3. The van der Waals surface area contributed by atoms with Gasteiger partial charge in [-0.2, -0.15) is 0 Å². The third kappa shape index (κ3) is 4.99. The van der Waals surface area contributed by atoms with Gasteiger partial charge in [-0.15, -0.1) is 0 Å². The molecule has 0 aliphatic rings. The molecule has 3 amide bonds. The van der Waals surface area contributed by atoms with Crippen molar-refractivity contribution in [1.82, 2.24) is 15.6 Å². The molecule has 7 heteroatoms. The third-order valence-corrected chi connectivity index (χ3v) is 3.00. The lowest BCUT2D eigenvalue weighted by Gasteiger charge is -2.13. The first-order valence-corrected chi connectivity index (χ1v) is 7.03. The van der Waals surface area contributed by atoms with E-state index in [1.165, 1.54) is 13.0 Å². The number of hydrogen-bond donors (Lipinski definition) is 3. The quantitative estimate of drug-likeness (QED) is 0.729. The van der Waals surface area contributed by atoms with Gasteiger partial charge in [0.25, 0.3) is 5.91 Å². The molecular formula is C16H17N3O4. The lowest BCUT2D eigenvalue weighted by atomic mass is 10.2. The number of aromatic nitrogens is 1. The average molecular weight is 315 g/mol. The topological polar surface area (TPSA) is 100 Å². The van der Waals surface area contributed by atoms with E-state index in [-0.39, 0.29) is 12.2 Å². The zero-order valence-electron chi connectivity index (χ0n) is 12.5. The molecule has 0 unspecified atom stereocenters. The van der Waals surface area contributed by atoms with Crippen LogP contribution in [-0.4, -0.2) is 29.0 Å². The fourth-order valence-electron chi connectivity index (χ4n) is 1.77. The molecule has 1 aromatic heterocycles. The fourth-order valence-corrected chi connectivity index (χ4v) is 1.77. The zero-order chi connectivity index (χ0) is 16.7. The number of benzene rings is 1. The van der Waals surface area contributed by atoms with Gasteiger partial charge in [0.2, 0.25) is 0 Å². The number of aromatic amines is 1. The molecule has 0 saturated carbocycles. The van der Waals surface area contributed by atoms with Crippen LogP contribution in [-0.2, 0) is 16.1 Å². The minimum Gasteiger partial charge on any atom is -0.448 e. The summed E-state index contributed by atoms with van der Waals surface area (Å²) in [4.78, 5) is 37.8. The van der Waals surface area contributed by atoms with Crippen LogP contribution in [0.1, 0.15) is 23.0 Å². The van der Waals surface area contributed by atoms with Gasteiger partial charge < -0.3 is 15.0 Å². The van der Waals surface area contributed by atoms with Crippen molar-refractivity contribution < 1.29 is 19.1 Å². The maximum atomic E-state index is 11.8. The minimum atomic E-state index is -1.09. The number of H-pyrrole nitrogens is 1. The molecule has 0 aliphatic heterocycles.